The third kappa shape index (κ3) is 6.19. The van der Waals surface area contributed by atoms with Gasteiger partial charge in [0.15, 0.2) is 18.1 Å². The third-order valence-electron chi connectivity index (χ3n) is 4.63. The van der Waals surface area contributed by atoms with E-state index in [1.807, 2.05) is 0 Å². The van der Waals surface area contributed by atoms with Crippen LogP contribution in [0.5, 0.6) is 17.2 Å². The van der Waals surface area contributed by atoms with Crippen LogP contribution in [0.3, 0.4) is 0 Å². The van der Waals surface area contributed by atoms with Gasteiger partial charge in [0.2, 0.25) is 0 Å². The Balaban J connectivity index is 1.55. The lowest BCUT2D eigenvalue weighted by molar-refractivity contribution is -0.137. The minimum Gasteiger partial charge on any atom is -0.497 e. The van der Waals surface area contributed by atoms with Gasteiger partial charge in [-0.1, -0.05) is 0 Å². The summed E-state index contributed by atoms with van der Waals surface area (Å²) in [5, 5.41) is 3.98. The van der Waals surface area contributed by atoms with Crippen molar-refractivity contribution in [3.05, 3.63) is 53.6 Å². The predicted octanol–water partition coefficient (Wildman–Crippen LogP) is 1.71. The van der Waals surface area contributed by atoms with Crippen LogP contribution >= 0.6 is 0 Å². The van der Waals surface area contributed by atoms with E-state index in [4.69, 9.17) is 18.9 Å². The first-order valence-electron chi connectivity index (χ1n) is 9.74. The Kier molecular flexibility index (Phi) is 7.83. The van der Waals surface area contributed by atoms with E-state index < -0.39 is 0 Å². The second-order valence-electron chi connectivity index (χ2n) is 6.62. The molecule has 1 aliphatic rings. The molecule has 164 valence electrons. The van der Waals surface area contributed by atoms with Crippen molar-refractivity contribution in [3.63, 3.8) is 0 Å². The number of rotatable bonds is 8. The molecule has 2 aromatic carbocycles. The monoisotopic (exact) mass is 427 g/mol. The van der Waals surface area contributed by atoms with E-state index in [0.717, 1.165) is 0 Å². The van der Waals surface area contributed by atoms with E-state index in [0.29, 0.717) is 54.7 Å². The van der Waals surface area contributed by atoms with Crippen molar-refractivity contribution in [2.24, 2.45) is 5.10 Å². The number of morpholine rings is 1. The van der Waals surface area contributed by atoms with Gasteiger partial charge in [0, 0.05) is 18.7 Å². The van der Waals surface area contributed by atoms with E-state index >= 15 is 0 Å². The number of nitrogens with one attached hydrogen (secondary N) is 1. The summed E-state index contributed by atoms with van der Waals surface area (Å²) < 4.78 is 21.3. The smallest absolute Gasteiger partial charge is 0.271 e. The van der Waals surface area contributed by atoms with Gasteiger partial charge in [-0.25, -0.2) is 5.43 Å². The van der Waals surface area contributed by atoms with Crippen LogP contribution in [0.25, 0.3) is 0 Å². The molecule has 3 rings (SSSR count). The number of hydrazone groups is 1. The summed E-state index contributed by atoms with van der Waals surface area (Å²) in [5.74, 6) is 1.13. The first-order valence-corrected chi connectivity index (χ1v) is 9.74. The summed E-state index contributed by atoms with van der Waals surface area (Å²) in [5.41, 5.74) is 3.63. The van der Waals surface area contributed by atoms with Gasteiger partial charge >= 0.3 is 0 Å². The number of ether oxygens (including phenoxy) is 4. The van der Waals surface area contributed by atoms with Crippen molar-refractivity contribution in [2.75, 3.05) is 47.1 Å². The van der Waals surface area contributed by atoms with E-state index in [9.17, 15) is 9.59 Å². The van der Waals surface area contributed by atoms with Crippen LogP contribution in [0, 0.1) is 0 Å². The molecular formula is C22H25N3O6. The molecule has 9 nitrogen and oxygen atoms in total. The molecule has 0 atom stereocenters. The second-order valence-corrected chi connectivity index (χ2v) is 6.62. The molecular weight excluding hydrogens is 402 g/mol. The van der Waals surface area contributed by atoms with Crippen LogP contribution in [0.15, 0.2) is 47.6 Å². The average Bonchev–Trinajstić information content (AvgIpc) is 2.83. The van der Waals surface area contributed by atoms with Crippen molar-refractivity contribution in [2.45, 2.75) is 0 Å². The Morgan fingerprint density at radius 3 is 2.48 bits per heavy atom. The van der Waals surface area contributed by atoms with Gasteiger partial charge in [-0.05, 0) is 48.0 Å². The highest BCUT2D eigenvalue weighted by Crippen LogP contribution is 2.27. The molecule has 1 saturated heterocycles. The van der Waals surface area contributed by atoms with Crippen molar-refractivity contribution in [1.82, 2.24) is 10.3 Å². The Labute approximate surface area is 180 Å². The summed E-state index contributed by atoms with van der Waals surface area (Å²) >= 11 is 0. The number of benzene rings is 2. The highest BCUT2D eigenvalue weighted by molar-refractivity contribution is 5.95. The van der Waals surface area contributed by atoms with Gasteiger partial charge in [0.25, 0.3) is 11.8 Å². The van der Waals surface area contributed by atoms with Crippen LogP contribution in [0.1, 0.15) is 15.9 Å². The molecule has 0 spiro atoms. The number of amides is 2. The average molecular weight is 427 g/mol. The molecule has 0 bridgehead atoms. The number of carbonyl (C=O) groups is 2. The Morgan fingerprint density at radius 2 is 1.81 bits per heavy atom. The Hall–Kier alpha value is -3.59. The minimum atomic E-state index is -0.340. The molecule has 0 radical (unpaired) electrons. The zero-order chi connectivity index (χ0) is 22.1. The van der Waals surface area contributed by atoms with Gasteiger partial charge in [-0.2, -0.15) is 5.10 Å². The van der Waals surface area contributed by atoms with Crippen LogP contribution in [-0.2, 0) is 9.53 Å². The van der Waals surface area contributed by atoms with Gasteiger partial charge in [-0.15, -0.1) is 0 Å². The number of methoxy groups -OCH3 is 2. The van der Waals surface area contributed by atoms with Gasteiger partial charge in [0.05, 0.1) is 33.6 Å². The first kappa shape index (κ1) is 22.1. The fraction of sp³-hybridized carbons (Fsp3) is 0.318. The van der Waals surface area contributed by atoms with Gasteiger partial charge < -0.3 is 23.8 Å². The Bertz CT molecular complexity index is 923. The first-order chi connectivity index (χ1) is 15.1. The fourth-order valence-corrected chi connectivity index (χ4v) is 2.90. The SMILES string of the molecule is COc1ccc(C(=O)N/N=C/c2ccc(OCC(=O)N3CCOCC3)c(OC)c2)cc1. The molecule has 0 unspecified atom stereocenters. The van der Waals surface area contributed by atoms with E-state index in [1.165, 1.54) is 13.3 Å². The summed E-state index contributed by atoms with van der Waals surface area (Å²) in [6, 6.07) is 11.8. The number of hydrogen-bond donors (Lipinski definition) is 1. The molecule has 2 amide bonds. The quantitative estimate of drug-likeness (QED) is 0.509. The summed E-state index contributed by atoms with van der Waals surface area (Å²) in [7, 11) is 3.07. The van der Waals surface area contributed by atoms with Crippen LogP contribution in [0.4, 0.5) is 0 Å². The van der Waals surface area contributed by atoms with E-state index in [2.05, 4.69) is 10.5 Å². The maximum Gasteiger partial charge on any atom is 0.271 e. The maximum atomic E-state index is 12.2. The number of hydrogen-bond acceptors (Lipinski definition) is 7. The molecule has 31 heavy (non-hydrogen) atoms. The van der Waals surface area contributed by atoms with Crippen molar-refractivity contribution < 1.29 is 28.5 Å². The van der Waals surface area contributed by atoms with Crippen molar-refractivity contribution in [1.29, 1.82) is 0 Å². The lowest BCUT2D eigenvalue weighted by Gasteiger charge is -2.26. The van der Waals surface area contributed by atoms with Crippen LogP contribution in [-0.4, -0.2) is 70.1 Å². The lowest BCUT2D eigenvalue weighted by Crippen LogP contribution is -2.43. The predicted molar refractivity (Wildman–Crippen MR) is 114 cm³/mol. The topological polar surface area (TPSA) is 98.7 Å². The summed E-state index contributed by atoms with van der Waals surface area (Å²) in [4.78, 5) is 26.1. The molecule has 1 fully saturated rings. The summed E-state index contributed by atoms with van der Waals surface area (Å²) in [6.07, 6.45) is 1.49. The maximum absolute atomic E-state index is 12.2. The summed E-state index contributed by atoms with van der Waals surface area (Å²) in [6.45, 7) is 2.13. The van der Waals surface area contributed by atoms with Gasteiger partial charge in [-0.3, -0.25) is 9.59 Å². The zero-order valence-electron chi connectivity index (χ0n) is 17.5. The number of nitrogens with zero attached hydrogens (tertiary/aromatic N) is 2. The van der Waals surface area contributed by atoms with Crippen molar-refractivity contribution >= 4 is 18.0 Å². The Morgan fingerprint density at radius 1 is 1.06 bits per heavy atom. The standard InChI is InChI=1S/C22H25N3O6/c1-28-18-6-4-17(5-7-18)22(27)24-23-14-16-3-8-19(20(13-16)29-2)31-15-21(26)25-9-11-30-12-10-25/h3-8,13-14H,9-12,15H2,1-2H3,(H,24,27)/b23-14+. The molecule has 0 aromatic heterocycles. The molecule has 1 aliphatic heterocycles. The molecule has 0 aliphatic carbocycles. The number of carbonyl (C=O) groups excluding carboxylic acids is 2. The van der Waals surface area contributed by atoms with Crippen LogP contribution < -0.4 is 19.6 Å². The highest BCUT2D eigenvalue weighted by atomic mass is 16.5. The molecule has 1 heterocycles. The fourth-order valence-electron chi connectivity index (χ4n) is 2.90. The third-order valence-corrected chi connectivity index (χ3v) is 4.63. The molecule has 9 heteroatoms. The second kappa shape index (κ2) is 11.0. The highest BCUT2D eigenvalue weighted by Gasteiger charge is 2.18. The minimum absolute atomic E-state index is 0.0816. The molecule has 2 aromatic rings. The van der Waals surface area contributed by atoms with E-state index in [1.54, 1.807) is 54.5 Å². The van der Waals surface area contributed by atoms with Gasteiger partial charge in [0.1, 0.15) is 5.75 Å². The lowest BCUT2D eigenvalue weighted by atomic mass is 10.2. The van der Waals surface area contributed by atoms with Crippen LogP contribution in [0.2, 0.25) is 0 Å². The molecule has 1 N–H and O–H groups in total. The van der Waals surface area contributed by atoms with Crippen molar-refractivity contribution in [3.8, 4) is 17.2 Å². The van der Waals surface area contributed by atoms with E-state index in [-0.39, 0.29) is 18.4 Å². The largest absolute Gasteiger partial charge is 0.497 e. The normalized spacial score (nSPS) is 13.7. The zero-order valence-corrected chi connectivity index (χ0v) is 17.5. The molecule has 0 saturated carbocycles.